The summed E-state index contributed by atoms with van der Waals surface area (Å²) < 4.78 is 47.5. The van der Waals surface area contributed by atoms with Gasteiger partial charge in [-0.15, -0.1) is 0 Å². The van der Waals surface area contributed by atoms with Gasteiger partial charge >= 0.3 is 6.18 Å². The topological polar surface area (TPSA) is 59.0 Å². The number of aliphatic hydroxyl groups excluding tert-OH is 1. The molecular formula is C26H34F3NO4. The number of amides is 1. The van der Waals surface area contributed by atoms with Crippen molar-refractivity contribution in [2.45, 2.75) is 58.0 Å². The Morgan fingerprint density at radius 3 is 2.29 bits per heavy atom. The van der Waals surface area contributed by atoms with Crippen LogP contribution in [-0.2, 0) is 16.1 Å². The highest BCUT2D eigenvalue weighted by molar-refractivity contribution is 5.78. The summed E-state index contributed by atoms with van der Waals surface area (Å²) in [6.07, 6.45) is -5.33. The maximum Gasteiger partial charge on any atom is 0.389 e. The van der Waals surface area contributed by atoms with Crippen LogP contribution in [0.3, 0.4) is 0 Å². The minimum absolute atomic E-state index is 0.0106. The minimum atomic E-state index is -4.16. The van der Waals surface area contributed by atoms with Crippen LogP contribution in [-0.4, -0.2) is 48.4 Å². The fourth-order valence-electron chi connectivity index (χ4n) is 3.41. The predicted octanol–water partition coefficient (Wildman–Crippen LogP) is 5.53. The van der Waals surface area contributed by atoms with Crippen molar-refractivity contribution in [3.63, 3.8) is 0 Å². The van der Waals surface area contributed by atoms with Gasteiger partial charge in [0.1, 0.15) is 5.75 Å². The van der Waals surface area contributed by atoms with Crippen LogP contribution in [0.1, 0.15) is 50.3 Å². The molecule has 188 valence electrons. The average molecular weight is 482 g/mol. The van der Waals surface area contributed by atoms with Crippen LogP contribution in [0.4, 0.5) is 13.2 Å². The van der Waals surface area contributed by atoms with E-state index in [1.54, 1.807) is 36.2 Å². The zero-order valence-corrected chi connectivity index (χ0v) is 19.9. The molecule has 0 aliphatic heterocycles. The zero-order chi connectivity index (χ0) is 25.1. The standard InChI is InChI=1S/C26H34F3NO4/c1-19(25(32)30(3)20(2)24(31)22-8-5-4-6-9-22)14-17-33-18-21-10-12-23(13-11-21)34-16-7-15-26(27,28)29/h4-6,8-13,19-20,24,31H,7,14-18H2,1-3H3/t19-,20+,24-/m0/s1. The zero-order valence-electron chi connectivity index (χ0n) is 19.9. The highest BCUT2D eigenvalue weighted by Gasteiger charge is 2.27. The SMILES string of the molecule is C[C@H]([C@H](O)c1ccccc1)N(C)C(=O)[C@@H](C)CCOCc1ccc(OCCCC(F)(F)F)cc1. The molecular weight excluding hydrogens is 447 g/mol. The lowest BCUT2D eigenvalue weighted by Crippen LogP contribution is -2.41. The van der Waals surface area contributed by atoms with Gasteiger partial charge in [0.05, 0.1) is 25.4 Å². The Balaban J connectivity index is 1.69. The van der Waals surface area contributed by atoms with Gasteiger partial charge in [-0.1, -0.05) is 49.4 Å². The van der Waals surface area contributed by atoms with Crippen LogP contribution in [0, 0.1) is 5.92 Å². The molecule has 2 aromatic carbocycles. The van der Waals surface area contributed by atoms with Crippen LogP contribution < -0.4 is 4.74 Å². The molecule has 8 heteroatoms. The predicted molar refractivity (Wildman–Crippen MR) is 124 cm³/mol. The third-order valence-electron chi connectivity index (χ3n) is 5.74. The molecule has 0 spiro atoms. The second-order valence-electron chi connectivity index (χ2n) is 8.50. The van der Waals surface area contributed by atoms with Crippen LogP contribution in [0.5, 0.6) is 5.75 Å². The summed E-state index contributed by atoms with van der Waals surface area (Å²) in [5.41, 5.74) is 1.67. The van der Waals surface area contributed by atoms with Crippen LogP contribution >= 0.6 is 0 Å². The van der Waals surface area contributed by atoms with E-state index < -0.39 is 18.7 Å². The van der Waals surface area contributed by atoms with E-state index in [9.17, 15) is 23.1 Å². The van der Waals surface area contributed by atoms with Crippen LogP contribution in [0.15, 0.2) is 54.6 Å². The molecule has 0 aliphatic rings. The van der Waals surface area contributed by atoms with E-state index in [-0.39, 0.29) is 30.9 Å². The Labute approximate surface area is 199 Å². The molecule has 0 saturated carbocycles. The molecule has 5 nitrogen and oxygen atoms in total. The van der Waals surface area contributed by atoms with Crippen molar-refractivity contribution in [3.8, 4) is 5.75 Å². The number of carbonyl (C=O) groups is 1. The van der Waals surface area contributed by atoms with Gasteiger partial charge in [0.2, 0.25) is 5.91 Å². The first-order valence-corrected chi connectivity index (χ1v) is 11.4. The molecule has 0 unspecified atom stereocenters. The summed E-state index contributed by atoms with van der Waals surface area (Å²) in [7, 11) is 1.70. The second-order valence-corrected chi connectivity index (χ2v) is 8.50. The molecule has 0 aliphatic carbocycles. The van der Waals surface area contributed by atoms with E-state index >= 15 is 0 Å². The van der Waals surface area contributed by atoms with Gasteiger partial charge in [0, 0.05) is 26.0 Å². The summed E-state index contributed by atoms with van der Waals surface area (Å²) >= 11 is 0. The Bertz CT molecular complexity index is 859. The Kier molecular flexibility index (Phi) is 10.9. The number of benzene rings is 2. The van der Waals surface area contributed by atoms with Crippen molar-refractivity contribution in [2.24, 2.45) is 5.92 Å². The molecule has 1 amide bonds. The Morgan fingerprint density at radius 1 is 1.03 bits per heavy atom. The van der Waals surface area contributed by atoms with E-state index in [1.807, 2.05) is 44.2 Å². The maximum absolute atomic E-state index is 12.8. The summed E-state index contributed by atoms with van der Waals surface area (Å²) in [6.45, 7) is 4.42. The first-order chi connectivity index (χ1) is 16.1. The van der Waals surface area contributed by atoms with Crippen molar-refractivity contribution >= 4 is 5.91 Å². The summed E-state index contributed by atoms with van der Waals surface area (Å²) in [5.74, 6) is 0.195. The van der Waals surface area contributed by atoms with Gasteiger partial charge in [-0.25, -0.2) is 0 Å². The Morgan fingerprint density at radius 2 is 1.68 bits per heavy atom. The smallest absolute Gasteiger partial charge is 0.389 e. The third kappa shape index (κ3) is 9.35. The number of likely N-dealkylation sites (N-methyl/N-ethyl adjacent to an activating group) is 1. The van der Waals surface area contributed by atoms with Gasteiger partial charge in [-0.05, 0) is 43.0 Å². The van der Waals surface area contributed by atoms with Gasteiger partial charge in [-0.3, -0.25) is 4.79 Å². The van der Waals surface area contributed by atoms with Gasteiger partial charge in [-0.2, -0.15) is 13.2 Å². The molecule has 2 rings (SSSR count). The Hall–Kier alpha value is -2.58. The third-order valence-corrected chi connectivity index (χ3v) is 5.74. The number of rotatable bonds is 13. The van der Waals surface area contributed by atoms with Crippen molar-refractivity contribution in [2.75, 3.05) is 20.3 Å². The largest absolute Gasteiger partial charge is 0.494 e. The molecule has 0 radical (unpaired) electrons. The average Bonchev–Trinajstić information content (AvgIpc) is 2.83. The van der Waals surface area contributed by atoms with Crippen LogP contribution in [0.2, 0.25) is 0 Å². The summed E-state index contributed by atoms with van der Waals surface area (Å²) in [5, 5.41) is 10.6. The summed E-state index contributed by atoms with van der Waals surface area (Å²) in [6, 6.07) is 15.9. The van der Waals surface area contributed by atoms with Gasteiger partial charge in [0.25, 0.3) is 0 Å². The van der Waals surface area contributed by atoms with E-state index in [0.29, 0.717) is 25.4 Å². The normalized spacial score (nSPS) is 14.3. The number of carbonyl (C=O) groups excluding carboxylic acids is 1. The lowest BCUT2D eigenvalue weighted by molar-refractivity contribution is -0.138. The summed E-state index contributed by atoms with van der Waals surface area (Å²) in [4.78, 5) is 14.3. The van der Waals surface area contributed by atoms with Crippen molar-refractivity contribution in [3.05, 3.63) is 65.7 Å². The highest BCUT2D eigenvalue weighted by Crippen LogP contribution is 2.23. The number of ether oxygens (including phenoxy) is 2. The van der Waals surface area contributed by atoms with E-state index in [1.165, 1.54) is 0 Å². The minimum Gasteiger partial charge on any atom is -0.494 e. The molecule has 0 saturated heterocycles. The number of hydrogen-bond acceptors (Lipinski definition) is 4. The molecule has 34 heavy (non-hydrogen) atoms. The molecule has 0 aromatic heterocycles. The van der Waals surface area contributed by atoms with E-state index in [4.69, 9.17) is 9.47 Å². The quantitative estimate of drug-likeness (QED) is 0.382. The fourth-order valence-corrected chi connectivity index (χ4v) is 3.41. The lowest BCUT2D eigenvalue weighted by atomic mass is 10.0. The molecule has 1 N–H and O–H groups in total. The van der Waals surface area contributed by atoms with E-state index in [2.05, 4.69) is 0 Å². The fraction of sp³-hybridized carbons (Fsp3) is 0.500. The maximum atomic E-state index is 12.8. The number of hydrogen-bond donors (Lipinski definition) is 1. The monoisotopic (exact) mass is 481 g/mol. The molecule has 2 aromatic rings. The molecule has 0 fully saturated rings. The van der Waals surface area contributed by atoms with Crippen molar-refractivity contribution in [1.82, 2.24) is 4.90 Å². The number of nitrogens with zero attached hydrogens (tertiary/aromatic N) is 1. The van der Waals surface area contributed by atoms with Crippen molar-refractivity contribution < 1.29 is 32.5 Å². The lowest BCUT2D eigenvalue weighted by Gasteiger charge is -2.31. The molecule has 3 atom stereocenters. The first kappa shape index (κ1) is 27.7. The first-order valence-electron chi connectivity index (χ1n) is 11.4. The van der Waals surface area contributed by atoms with E-state index in [0.717, 1.165) is 11.1 Å². The second kappa shape index (κ2) is 13.3. The number of alkyl halides is 3. The number of halogens is 3. The highest BCUT2D eigenvalue weighted by atomic mass is 19.4. The van der Waals surface area contributed by atoms with Crippen LogP contribution in [0.25, 0.3) is 0 Å². The van der Waals surface area contributed by atoms with Gasteiger partial charge in [0.15, 0.2) is 0 Å². The van der Waals surface area contributed by atoms with Crippen molar-refractivity contribution in [1.29, 1.82) is 0 Å². The number of aliphatic hydroxyl groups is 1. The molecule has 0 bridgehead atoms. The molecule has 0 heterocycles. The van der Waals surface area contributed by atoms with Gasteiger partial charge < -0.3 is 19.5 Å².